The quantitative estimate of drug-likeness (QED) is 0.637. The smallest absolute Gasteiger partial charge is 0.0110 e. The van der Waals surface area contributed by atoms with Crippen LogP contribution in [0.5, 0.6) is 0 Å². The van der Waals surface area contributed by atoms with Gasteiger partial charge in [0, 0.05) is 5.92 Å². The minimum absolute atomic E-state index is 0.207. The predicted octanol–water partition coefficient (Wildman–Crippen LogP) is 4.93. The van der Waals surface area contributed by atoms with Gasteiger partial charge in [-0.15, -0.1) is 0 Å². The maximum absolute atomic E-state index is 2.39. The first-order chi connectivity index (χ1) is 7.90. The van der Waals surface area contributed by atoms with Crippen molar-refractivity contribution in [1.29, 1.82) is 0 Å². The van der Waals surface area contributed by atoms with Crippen LogP contribution in [0, 0.1) is 19.3 Å². The van der Waals surface area contributed by atoms with Crippen molar-refractivity contribution in [2.75, 3.05) is 0 Å². The van der Waals surface area contributed by atoms with E-state index in [1.165, 1.54) is 22.3 Å². The second-order valence-electron chi connectivity index (χ2n) is 5.91. The third kappa shape index (κ3) is 2.36. The zero-order valence-corrected chi connectivity index (χ0v) is 11.5. The molecule has 0 saturated heterocycles. The number of aryl methyl sites for hydroxylation is 2. The van der Waals surface area contributed by atoms with E-state index in [1.807, 2.05) is 0 Å². The highest BCUT2D eigenvalue weighted by Gasteiger charge is 2.29. The summed E-state index contributed by atoms with van der Waals surface area (Å²) in [5.41, 5.74) is 5.78. The molecular weight excluding hydrogens is 204 g/mol. The van der Waals surface area contributed by atoms with Gasteiger partial charge in [-0.1, -0.05) is 61.4 Å². The van der Waals surface area contributed by atoms with E-state index in [0.29, 0.717) is 5.92 Å². The lowest BCUT2D eigenvalue weighted by Gasteiger charge is -2.34. The molecule has 1 aromatic rings. The molecule has 0 nitrogen and oxygen atoms in total. The molecule has 0 saturated carbocycles. The summed E-state index contributed by atoms with van der Waals surface area (Å²) < 4.78 is 0. The SMILES string of the molecule is CC1=CC(C)(C)C(c2ccc(C)cc2C)C=C1. The molecular formula is C17H22. The zero-order valence-electron chi connectivity index (χ0n) is 11.5. The number of allylic oxidation sites excluding steroid dienone is 4. The third-order valence-electron chi connectivity index (χ3n) is 3.71. The second kappa shape index (κ2) is 4.18. The Balaban J connectivity index is 2.45. The highest BCUT2D eigenvalue weighted by atomic mass is 14.3. The molecule has 1 aromatic carbocycles. The van der Waals surface area contributed by atoms with Crippen molar-refractivity contribution in [2.45, 2.75) is 40.5 Å². The van der Waals surface area contributed by atoms with E-state index in [-0.39, 0.29) is 5.41 Å². The Morgan fingerprint density at radius 2 is 1.76 bits per heavy atom. The first kappa shape index (κ1) is 12.2. The van der Waals surface area contributed by atoms with Gasteiger partial charge in [0.05, 0.1) is 0 Å². The van der Waals surface area contributed by atoms with Crippen molar-refractivity contribution in [3.63, 3.8) is 0 Å². The van der Waals surface area contributed by atoms with Gasteiger partial charge in [0.15, 0.2) is 0 Å². The Labute approximate surface area is 105 Å². The molecule has 1 unspecified atom stereocenters. The van der Waals surface area contributed by atoms with Crippen molar-refractivity contribution in [3.8, 4) is 0 Å². The Kier molecular flexibility index (Phi) is 2.99. The summed E-state index contributed by atoms with van der Waals surface area (Å²) in [6.45, 7) is 11.2. The summed E-state index contributed by atoms with van der Waals surface area (Å²) in [4.78, 5) is 0. The summed E-state index contributed by atoms with van der Waals surface area (Å²) in [7, 11) is 0. The maximum Gasteiger partial charge on any atom is 0.0110 e. The van der Waals surface area contributed by atoms with Gasteiger partial charge < -0.3 is 0 Å². The van der Waals surface area contributed by atoms with E-state index in [2.05, 4.69) is 71.0 Å². The normalized spacial score (nSPS) is 22.4. The van der Waals surface area contributed by atoms with E-state index in [9.17, 15) is 0 Å². The average Bonchev–Trinajstić information content (AvgIpc) is 2.18. The maximum atomic E-state index is 2.39. The summed E-state index contributed by atoms with van der Waals surface area (Å²) in [6, 6.07) is 6.79. The van der Waals surface area contributed by atoms with Crippen LogP contribution >= 0.6 is 0 Å². The predicted molar refractivity (Wildman–Crippen MR) is 75.3 cm³/mol. The van der Waals surface area contributed by atoms with Crippen LogP contribution in [0.2, 0.25) is 0 Å². The van der Waals surface area contributed by atoms with Crippen LogP contribution < -0.4 is 0 Å². The van der Waals surface area contributed by atoms with Gasteiger partial charge in [-0.25, -0.2) is 0 Å². The van der Waals surface area contributed by atoms with Crippen molar-refractivity contribution < 1.29 is 0 Å². The first-order valence-corrected chi connectivity index (χ1v) is 6.35. The highest BCUT2D eigenvalue weighted by molar-refractivity contribution is 5.41. The highest BCUT2D eigenvalue weighted by Crippen LogP contribution is 2.42. The van der Waals surface area contributed by atoms with Crippen molar-refractivity contribution in [3.05, 3.63) is 58.7 Å². The Morgan fingerprint density at radius 1 is 1.06 bits per heavy atom. The minimum atomic E-state index is 0.207. The lowest BCUT2D eigenvalue weighted by molar-refractivity contribution is 0.418. The van der Waals surface area contributed by atoms with Crippen molar-refractivity contribution in [2.24, 2.45) is 5.41 Å². The number of hydrogen-bond donors (Lipinski definition) is 0. The molecule has 0 bridgehead atoms. The zero-order chi connectivity index (χ0) is 12.6. The van der Waals surface area contributed by atoms with Crippen LogP contribution in [-0.2, 0) is 0 Å². The summed E-state index contributed by atoms with van der Waals surface area (Å²) in [6.07, 6.45) is 6.99. The molecule has 1 aliphatic rings. The number of rotatable bonds is 1. The lowest BCUT2D eigenvalue weighted by atomic mass is 9.70. The van der Waals surface area contributed by atoms with Crippen LogP contribution in [0.3, 0.4) is 0 Å². The molecule has 0 heterocycles. The van der Waals surface area contributed by atoms with Gasteiger partial charge in [-0.3, -0.25) is 0 Å². The largest absolute Gasteiger partial charge is 0.0759 e. The van der Waals surface area contributed by atoms with E-state index in [1.54, 1.807) is 0 Å². The molecule has 2 rings (SSSR count). The number of benzene rings is 1. The van der Waals surface area contributed by atoms with Crippen molar-refractivity contribution in [1.82, 2.24) is 0 Å². The Hall–Kier alpha value is -1.30. The van der Waals surface area contributed by atoms with Gasteiger partial charge in [0.2, 0.25) is 0 Å². The van der Waals surface area contributed by atoms with Crippen LogP contribution in [0.1, 0.15) is 43.4 Å². The molecule has 0 fully saturated rings. The summed E-state index contributed by atoms with van der Waals surface area (Å²) >= 11 is 0. The van der Waals surface area contributed by atoms with E-state index in [4.69, 9.17) is 0 Å². The fourth-order valence-electron chi connectivity index (χ4n) is 2.90. The first-order valence-electron chi connectivity index (χ1n) is 6.35. The lowest BCUT2D eigenvalue weighted by Crippen LogP contribution is -2.21. The molecule has 17 heavy (non-hydrogen) atoms. The van der Waals surface area contributed by atoms with Gasteiger partial charge in [-0.05, 0) is 37.3 Å². The standard InChI is InChI=1S/C17H22/c1-12-6-8-15(14(3)10-12)16-9-7-13(2)11-17(16,4)5/h6-11,16H,1-5H3. The van der Waals surface area contributed by atoms with Crippen LogP contribution in [0.25, 0.3) is 0 Å². The Morgan fingerprint density at radius 3 is 2.35 bits per heavy atom. The van der Waals surface area contributed by atoms with Crippen LogP contribution in [0.4, 0.5) is 0 Å². The molecule has 0 spiro atoms. The molecule has 1 aliphatic carbocycles. The average molecular weight is 226 g/mol. The van der Waals surface area contributed by atoms with Crippen molar-refractivity contribution >= 4 is 0 Å². The topological polar surface area (TPSA) is 0 Å². The number of hydrogen-bond acceptors (Lipinski definition) is 0. The van der Waals surface area contributed by atoms with E-state index in [0.717, 1.165) is 0 Å². The van der Waals surface area contributed by atoms with Gasteiger partial charge in [0.1, 0.15) is 0 Å². The molecule has 0 amide bonds. The molecule has 0 N–H and O–H groups in total. The van der Waals surface area contributed by atoms with Gasteiger partial charge in [0.25, 0.3) is 0 Å². The monoisotopic (exact) mass is 226 g/mol. The molecule has 0 aliphatic heterocycles. The molecule has 0 aromatic heterocycles. The van der Waals surface area contributed by atoms with Gasteiger partial charge >= 0.3 is 0 Å². The summed E-state index contributed by atoms with van der Waals surface area (Å²) in [5, 5.41) is 0. The molecule has 0 radical (unpaired) electrons. The van der Waals surface area contributed by atoms with Gasteiger partial charge in [-0.2, -0.15) is 0 Å². The van der Waals surface area contributed by atoms with E-state index >= 15 is 0 Å². The molecule has 90 valence electrons. The summed E-state index contributed by atoms with van der Waals surface area (Å²) in [5.74, 6) is 0.492. The molecule has 1 atom stereocenters. The van der Waals surface area contributed by atoms with Crippen LogP contribution in [-0.4, -0.2) is 0 Å². The second-order valence-corrected chi connectivity index (χ2v) is 5.91. The fourth-order valence-corrected chi connectivity index (χ4v) is 2.90. The molecule has 0 heteroatoms. The van der Waals surface area contributed by atoms with E-state index < -0.39 is 0 Å². The fraction of sp³-hybridized carbons (Fsp3) is 0.412. The Bertz CT molecular complexity index is 487. The third-order valence-corrected chi connectivity index (χ3v) is 3.71. The van der Waals surface area contributed by atoms with Crippen LogP contribution in [0.15, 0.2) is 42.0 Å². The minimum Gasteiger partial charge on any atom is -0.0759 e.